The predicted molar refractivity (Wildman–Crippen MR) is 46.6 cm³/mol. The number of carboxylic acid groups (broad SMARTS) is 2. The first-order chi connectivity index (χ1) is 6.13. The maximum absolute atomic E-state index is 10.8. The second kappa shape index (κ2) is 2.90. The van der Waals surface area contributed by atoms with Crippen molar-refractivity contribution < 1.29 is 19.8 Å². The Morgan fingerprint density at radius 2 is 1.38 bits per heavy atom. The maximum Gasteiger partial charge on any atom is 0.307 e. The van der Waals surface area contributed by atoms with Crippen molar-refractivity contribution in [3.63, 3.8) is 0 Å². The lowest BCUT2D eigenvalue weighted by molar-refractivity contribution is -0.170. The fraction of sp³-hybridized carbons (Fsp3) is 0.750. The smallest absolute Gasteiger partial charge is 0.307 e. The van der Waals surface area contributed by atoms with Gasteiger partial charge in [-0.15, -0.1) is 0 Å². The largest absolute Gasteiger partial charge is 0.481 e. The number of carboxylic acids is 2. The molecule has 1 saturated carbocycles. The molecule has 0 aromatic carbocycles. The molecule has 1 heterocycles. The Kier molecular flexibility index (Phi) is 1.98. The first-order valence-electron chi connectivity index (χ1n) is 4.16. The van der Waals surface area contributed by atoms with E-state index in [1.165, 1.54) is 0 Å². The molecule has 0 amide bonds. The summed E-state index contributed by atoms with van der Waals surface area (Å²) in [5.41, 5.74) is 0. The topological polar surface area (TPSA) is 74.6 Å². The number of hydrogen-bond acceptors (Lipinski definition) is 3. The Morgan fingerprint density at radius 1 is 1.00 bits per heavy atom. The van der Waals surface area contributed by atoms with Crippen molar-refractivity contribution in [2.75, 3.05) is 11.5 Å². The Balaban J connectivity index is 2.17. The Morgan fingerprint density at radius 3 is 1.69 bits per heavy atom. The number of hydrogen-bond donors (Lipinski definition) is 2. The van der Waals surface area contributed by atoms with Crippen LogP contribution in [0.2, 0.25) is 0 Å². The lowest BCUT2D eigenvalue weighted by Gasteiger charge is -2.43. The van der Waals surface area contributed by atoms with Crippen LogP contribution in [0, 0.1) is 23.7 Å². The molecular formula is C8H10O4S. The zero-order valence-electron chi connectivity index (χ0n) is 6.84. The summed E-state index contributed by atoms with van der Waals surface area (Å²) in [6.07, 6.45) is 0. The molecule has 1 aliphatic heterocycles. The second-order valence-electron chi connectivity index (χ2n) is 3.59. The Bertz CT molecular complexity index is 239. The normalized spacial score (nSPS) is 42.2. The highest BCUT2D eigenvalue weighted by Gasteiger charge is 2.59. The summed E-state index contributed by atoms with van der Waals surface area (Å²) < 4.78 is 0. The minimum atomic E-state index is -0.948. The third kappa shape index (κ3) is 1.14. The zero-order chi connectivity index (χ0) is 9.59. The first-order valence-corrected chi connectivity index (χ1v) is 5.31. The van der Waals surface area contributed by atoms with Crippen LogP contribution in [0.25, 0.3) is 0 Å². The van der Waals surface area contributed by atoms with Crippen LogP contribution in [0.1, 0.15) is 0 Å². The standard InChI is InChI=1S/C8H10O4S/c9-7(10)5-3-1-13-2-4(3)6(5)8(11)12/h3-6H,1-2H2,(H,9,10)(H,11,12). The van der Waals surface area contributed by atoms with Gasteiger partial charge >= 0.3 is 11.9 Å². The molecule has 0 spiro atoms. The van der Waals surface area contributed by atoms with E-state index in [-0.39, 0.29) is 11.8 Å². The maximum atomic E-state index is 10.8. The van der Waals surface area contributed by atoms with Crippen LogP contribution in [0.15, 0.2) is 0 Å². The minimum absolute atomic E-state index is 0.101. The summed E-state index contributed by atoms with van der Waals surface area (Å²) in [6, 6.07) is 0. The summed E-state index contributed by atoms with van der Waals surface area (Å²) in [4.78, 5) is 21.5. The third-order valence-corrected chi connectivity index (χ3v) is 4.29. The molecule has 2 aliphatic rings. The van der Waals surface area contributed by atoms with Crippen LogP contribution in [0.3, 0.4) is 0 Å². The van der Waals surface area contributed by atoms with E-state index in [0.29, 0.717) is 0 Å². The molecule has 13 heavy (non-hydrogen) atoms. The van der Waals surface area contributed by atoms with Crippen LogP contribution in [-0.2, 0) is 9.59 Å². The molecule has 2 rings (SSSR count). The van der Waals surface area contributed by atoms with Gasteiger partial charge in [0.2, 0.25) is 0 Å². The van der Waals surface area contributed by atoms with E-state index in [4.69, 9.17) is 10.2 Å². The Labute approximate surface area is 79.3 Å². The van der Waals surface area contributed by atoms with Crippen molar-refractivity contribution in [1.29, 1.82) is 0 Å². The van der Waals surface area contributed by atoms with Gasteiger partial charge in [0.15, 0.2) is 0 Å². The monoisotopic (exact) mass is 202 g/mol. The molecular weight excluding hydrogens is 192 g/mol. The van der Waals surface area contributed by atoms with E-state index < -0.39 is 23.8 Å². The number of fused-ring (bicyclic) bond motifs is 1. The number of aliphatic carboxylic acids is 2. The molecule has 2 fully saturated rings. The van der Waals surface area contributed by atoms with Gasteiger partial charge in [-0.2, -0.15) is 11.8 Å². The van der Waals surface area contributed by atoms with Gasteiger partial charge in [0.25, 0.3) is 0 Å². The SMILES string of the molecule is O=C(O)C1C2CSCC2C1C(=O)O. The molecule has 0 bridgehead atoms. The van der Waals surface area contributed by atoms with Crippen LogP contribution < -0.4 is 0 Å². The highest BCUT2D eigenvalue weighted by Crippen LogP contribution is 2.53. The van der Waals surface area contributed by atoms with Crippen LogP contribution in [-0.4, -0.2) is 33.7 Å². The fourth-order valence-corrected chi connectivity index (χ4v) is 3.98. The lowest BCUT2D eigenvalue weighted by atomic mass is 9.58. The fourth-order valence-electron chi connectivity index (χ4n) is 2.39. The van der Waals surface area contributed by atoms with Crippen LogP contribution in [0.5, 0.6) is 0 Å². The summed E-state index contributed by atoms with van der Waals surface area (Å²) in [5, 5.41) is 17.7. The molecule has 5 heteroatoms. The molecule has 1 saturated heterocycles. The van der Waals surface area contributed by atoms with Gasteiger partial charge in [-0.05, 0) is 23.3 Å². The average Bonchev–Trinajstić information content (AvgIpc) is 2.31. The summed E-state index contributed by atoms with van der Waals surface area (Å²) in [6.45, 7) is 0. The minimum Gasteiger partial charge on any atom is -0.481 e. The van der Waals surface area contributed by atoms with Crippen molar-refractivity contribution in [3.05, 3.63) is 0 Å². The van der Waals surface area contributed by atoms with Crippen molar-refractivity contribution in [1.82, 2.24) is 0 Å². The van der Waals surface area contributed by atoms with Gasteiger partial charge in [0, 0.05) is 0 Å². The van der Waals surface area contributed by atoms with E-state index in [1.54, 1.807) is 11.8 Å². The molecule has 4 atom stereocenters. The average molecular weight is 202 g/mol. The molecule has 0 radical (unpaired) electrons. The highest BCUT2D eigenvalue weighted by atomic mass is 32.2. The number of carbonyl (C=O) groups is 2. The summed E-state index contributed by atoms with van der Waals surface area (Å²) >= 11 is 1.67. The quantitative estimate of drug-likeness (QED) is 0.677. The molecule has 1 aliphatic carbocycles. The van der Waals surface area contributed by atoms with Gasteiger partial charge in [0.1, 0.15) is 0 Å². The second-order valence-corrected chi connectivity index (χ2v) is 4.67. The molecule has 4 nitrogen and oxygen atoms in total. The van der Waals surface area contributed by atoms with E-state index in [0.717, 1.165) is 11.5 Å². The van der Waals surface area contributed by atoms with Gasteiger partial charge in [0.05, 0.1) is 11.8 Å². The molecule has 4 unspecified atom stereocenters. The van der Waals surface area contributed by atoms with Crippen molar-refractivity contribution >= 4 is 23.7 Å². The van der Waals surface area contributed by atoms with E-state index >= 15 is 0 Å². The molecule has 72 valence electrons. The number of rotatable bonds is 2. The van der Waals surface area contributed by atoms with Gasteiger partial charge in [-0.3, -0.25) is 9.59 Å². The van der Waals surface area contributed by atoms with Gasteiger partial charge < -0.3 is 10.2 Å². The van der Waals surface area contributed by atoms with Gasteiger partial charge in [-0.25, -0.2) is 0 Å². The summed E-state index contributed by atoms with van der Waals surface area (Å²) in [7, 11) is 0. The van der Waals surface area contributed by atoms with Crippen molar-refractivity contribution in [2.45, 2.75) is 0 Å². The zero-order valence-corrected chi connectivity index (χ0v) is 7.66. The molecule has 0 aromatic heterocycles. The van der Waals surface area contributed by atoms with Crippen LogP contribution in [0.4, 0.5) is 0 Å². The van der Waals surface area contributed by atoms with E-state index in [2.05, 4.69) is 0 Å². The van der Waals surface area contributed by atoms with Gasteiger partial charge in [-0.1, -0.05) is 0 Å². The van der Waals surface area contributed by atoms with Crippen LogP contribution >= 0.6 is 11.8 Å². The third-order valence-electron chi connectivity index (χ3n) is 3.05. The Hall–Kier alpha value is -0.710. The molecule has 2 N–H and O–H groups in total. The van der Waals surface area contributed by atoms with Crippen molar-refractivity contribution in [2.24, 2.45) is 23.7 Å². The van der Waals surface area contributed by atoms with E-state index in [1.807, 2.05) is 0 Å². The first kappa shape index (κ1) is 8.87. The predicted octanol–water partition coefficient (Wildman–Crippen LogP) is 0.381. The van der Waals surface area contributed by atoms with Crippen molar-refractivity contribution in [3.8, 4) is 0 Å². The molecule has 0 aromatic rings. The lowest BCUT2D eigenvalue weighted by Crippen LogP contribution is -2.53. The summed E-state index contributed by atoms with van der Waals surface area (Å²) in [5.74, 6) is -1.36. The number of thioether (sulfide) groups is 1. The van der Waals surface area contributed by atoms with E-state index in [9.17, 15) is 9.59 Å². The highest BCUT2D eigenvalue weighted by molar-refractivity contribution is 7.99.